The molecule has 0 bridgehead atoms. The summed E-state index contributed by atoms with van der Waals surface area (Å²) in [6.07, 6.45) is -5.49. The van der Waals surface area contributed by atoms with Gasteiger partial charge in [-0.1, -0.05) is 36.4 Å². The van der Waals surface area contributed by atoms with Crippen LogP contribution in [-0.4, -0.2) is 47.4 Å². The number of hydrogen-bond acceptors (Lipinski definition) is 4. The molecule has 0 spiro atoms. The monoisotopic (exact) mass is 446 g/mol. The van der Waals surface area contributed by atoms with Crippen LogP contribution in [0.25, 0.3) is 0 Å². The molecule has 168 valence electrons. The number of carbonyl (C=O) groups excluding carboxylic acids is 3. The van der Waals surface area contributed by atoms with E-state index in [2.05, 4.69) is 5.32 Å². The second kappa shape index (κ2) is 8.27. The second-order valence-corrected chi connectivity index (χ2v) is 7.89. The van der Waals surface area contributed by atoms with Gasteiger partial charge in [0, 0.05) is 6.54 Å². The van der Waals surface area contributed by atoms with Crippen LogP contribution in [0.15, 0.2) is 48.5 Å². The lowest BCUT2D eigenvalue weighted by atomic mass is 9.93. The van der Waals surface area contributed by atoms with E-state index >= 15 is 0 Å². The normalized spacial score (nSPS) is 21.2. The van der Waals surface area contributed by atoms with E-state index in [1.165, 1.54) is 23.1 Å². The number of rotatable bonds is 3. The molecule has 0 aliphatic carbocycles. The molecule has 2 aliphatic heterocycles. The fourth-order valence-corrected chi connectivity index (χ4v) is 4.27. The van der Waals surface area contributed by atoms with Gasteiger partial charge in [0.25, 0.3) is 0 Å². The fraction of sp³-hybridized carbons (Fsp3) is 0.318. The molecule has 0 fully saturated rings. The third-order valence-electron chi connectivity index (χ3n) is 5.79. The fourth-order valence-electron chi connectivity index (χ4n) is 4.27. The van der Waals surface area contributed by atoms with E-state index in [9.17, 15) is 27.6 Å². The van der Waals surface area contributed by atoms with Crippen molar-refractivity contribution < 1.29 is 27.6 Å². The number of halogens is 3. The maximum Gasteiger partial charge on any atom is 0.409 e. The van der Waals surface area contributed by atoms with Gasteiger partial charge in [0.15, 0.2) is 0 Å². The number of amides is 3. The molecular formula is C22H21F3N4O3. The molecule has 10 heteroatoms. The molecule has 2 heterocycles. The number of para-hydroxylation sites is 2. The standard InChI is InChI=1S/C22H21F3N4O3/c23-22(24,25)18-10-19(30)27-15-7-3-4-8-16(15)29(18)20(31)12-28-11-14-6-2-1-5-13(14)9-17(28)21(26)32/h1-8,17-18H,9-12H2,(H2,26,32)(H,27,30)/t17-,18-/m0/s1. The summed E-state index contributed by atoms with van der Waals surface area (Å²) in [4.78, 5) is 39.6. The van der Waals surface area contributed by atoms with Crippen molar-refractivity contribution in [2.24, 2.45) is 5.73 Å². The topological polar surface area (TPSA) is 95.7 Å². The summed E-state index contributed by atoms with van der Waals surface area (Å²) in [6, 6.07) is 10.0. The minimum atomic E-state index is -4.83. The largest absolute Gasteiger partial charge is 0.409 e. The Morgan fingerprint density at radius 2 is 1.69 bits per heavy atom. The summed E-state index contributed by atoms with van der Waals surface area (Å²) < 4.78 is 41.8. The highest BCUT2D eigenvalue weighted by Gasteiger charge is 2.49. The number of carbonyl (C=O) groups is 3. The summed E-state index contributed by atoms with van der Waals surface area (Å²) in [7, 11) is 0. The molecule has 2 atom stereocenters. The zero-order valence-electron chi connectivity index (χ0n) is 16.9. The lowest BCUT2D eigenvalue weighted by Crippen LogP contribution is -2.56. The van der Waals surface area contributed by atoms with E-state index in [0.29, 0.717) is 4.90 Å². The van der Waals surface area contributed by atoms with Crippen LogP contribution in [0.2, 0.25) is 0 Å². The number of benzene rings is 2. The molecule has 0 unspecified atom stereocenters. The third kappa shape index (κ3) is 4.18. The molecule has 0 radical (unpaired) electrons. The first-order valence-electron chi connectivity index (χ1n) is 10.0. The first-order valence-corrected chi connectivity index (χ1v) is 10.0. The summed E-state index contributed by atoms with van der Waals surface area (Å²) in [5.41, 5.74) is 7.40. The van der Waals surface area contributed by atoms with Crippen LogP contribution in [0.4, 0.5) is 24.5 Å². The smallest absolute Gasteiger partial charge is 0.368 e. The number of nitrogens with two attached hydrogens (primary N) is 1. The lowest BCUT2D eigenvalue weighted by molar-refractivity contribution is -0.158. The maximum absolute atomic E-state index is 13.9. The number of fused-ring (bicyclic) bond motifs is 2. The number of alkyl halides is 3. The lowest BCUT2D eigenvalue weighted by Gasteiger charge is -2.37. The highest BCUT2D eigenvalue weighted by molar-refractivity contribution is 6.05. The van der Waals surface area contributed by atoms with Gasteiger partial charge >= 0.3 is 6.18 Å². The number of nitrogens with one attached hydrogen (secondary N) is 1. The molecular weight excluding hydrogens is 425 g/mol. The Bertz CT molecular complexity index is 1070. The van der Waals surface area contributed by atoms with Crippen LogP contribution in [0.3, 0.4) is 0 Å². The van der Waals surface area contributed by atoms with Crippen molar-refractivity contribution in [2.75, 3.05) is 16.8 Å². The van der Waals surface area contributed by atoms with Crippen molar-refractivity contribution in [3.05, 3.63) is 59.7 Å². The van der Waals surface area contributed by atoms with Gasteiger partial charge in [-0.3, -0.25) is 24.2 Å². The second-order valence-electron chi connectivity index (χ2n) is 7.89. The number of nitrogens with zero attached hydrogens (tertiary/aromatic N) is 2. The van der Waals surface area contributed by atoms with Crippen molar-refractivity contribution in [2.45, 2.75) is 37.6 Å². The average Bonchev–Trinajstić information content (AvgIpc) is 2.88. The highest BCUT2D eigenvalue weighted by Crippen LogP contribution is 2.38. The minimum absolute atomic E-state index is 0.0429. The molecule has 2 aromatic carbocycles. The van der Waals surface area contributed by atoms with Crippen LogP contribution >= 0.6 is 0 Å². The van der Waals surface area contributed by atoms with Crippen LogP contribution in [0, 0.1) is 0 Å². The zero-order chi connectivity index (χ0) is 23.0. The van der Waals surface area contributed by atoms with E-state index in [0.717, 1.165) is 11.1 Å². The summed E-state index contributed by atoms with van der Waals surface area (Å²) in [6.45, 7) is -0.268. The molecule has 2 aliphatic rings. The zero-order valence-corrected chi connectivity index (χ0v) is 16.9. The van der Waals surface area contributed by atoms with Crippen molar-refractivity contribution in [3.8, 4) is 0 Å². The summed E-state index contributed by atoms with van der Waals surface area (Å²) in [5, 5.41) is 2.43. The quantitative estimate of drug-likeness (QED) is 0.756. The predicted molar refractivity (Wildman–Crippen MR) is 111 cm³/mol. The van der Waals surface area contributed by atoms with Crippen LogP contribution in [0.5, 0.6) is 0 Å². The molecule has 0 saturated carbocycles. The average molecular weight is 446 g/mol. The number of hydrogen-bond donors (Lipinski definition) is 2. The molecule has 0 saturated heterocycles. The van der Waals surface area contributed by atoms with Crippen molar-refractivity contribution in [1.29, 1.82) is 0 Å². The Hall–Kier alpha value is -3.40. The highest BCUT2D eigenvalue weighted by atomic mass is 19.4. The van der Waals surface area contributed by atoms with Gasteiger partial charge in [-0.05, 0) is 29.7 Å². The number of anilines is 2. The molecule has 3 amide bonds. The third-order valence-corrected chi connectivity index (χ3v) is 5.79. The van der Waals surface area contributed by atoms with E-state index in [1.54, 1.807) is 6.07 Å². The van der Waals surface area contributed by atoms with Gasteiger partial charge in [-0.25, -0.2) is 0 Å². The summed E-state index contributed by atoms with van der Waals surface area (Å²) in [5.74, 6) is -2.37. The van der Waals surface area contributed by atoms with Crippen molar-refractivity contribution in [1.82, 2.24) is 4.90 Å². The van der Waals surface area contributed by atoms with Gasteiger partial charge in [0.05, 0.1) is 30.4 Å². The van der Waals surface area contributed by atoms with Crippen LogP contribution in [-0.2, 0) is 27.3 Å². The van der Waals surface area contributed by atoms with Crippen LogP contribution < -0.4 is 16.0 Å². The van der Waals surface area contributed by atoms with Crippen molar-refractivity contribution in [3.63, 3.8) is 0 Å². The molecule has 0 aromatic heterocycles. The molecule has 7 nitrogen and oxygen atoms in total. The van der Waals surface area contributed by atoms with Crippen molar-refractivity contribution >= 4 is 29.1 Å². The minimum Gasteiger partial charge on any atom is -0.368 e. The number of primary amides is 1. The van der Waals surface area contributed by atoms with Gasteiger partial charge in [-0.2, -0.15) is 13.2 Å². The Kier molecular flexibility index (Phi) is 5.64. The van der Waals surface area contributed by atoms with E-state index in [-0.39, 0.29) is 24.3 Å². The van der Waals surface area contributed by atoms with E-state index in [4.69, 9.17) is 5.73 Å². The van der Waals surface area contributed by atoms with Gasteiger partial charge in [0.1, 0.15) is 6.04 Å². The molecule has 3 N–H and O–H groups in total. The Balaban J connectivity index is 1.70. The first kappa shape index (κ1) is 21.8. The van der Waals surface area contributed by atoms with Crippen LogP contribution in [0.1, 0.15) is 17.5 Å². The Morgan fingerprint density at radius 1 is 1.03 bits per heavy atom. The summed E-state index contributed by atoms with van der Waals surface area (Å²) >= 11 is 0. The van der Waals surface area contributed by atoms with E-state index < -0.39 is 48.9 Å². The molecule has 2 aromatic rings. The predicted octanol–water partition coefficient (Wildman–Crippen LogP) is 2.20. The maximum atomic E-state index is 13.9. The SMILES string of the molecule is NC(=O)[C@@H]1Cc2ccccc2CN1CC(=O)N1c2ccccc2NC(=O)C[C@H]1C(F)(F)F. The Morgan fingerprint density at radius 3 is 2.38 bits per heavy atom. The van der Waals surface area contributed by atoms with Gasteiger partial charge in [-0.15, -0.1) is 0 Å². The molecule has 32 heavy (non-hydrogen) atoms. The van der Waals surface area contributed by atoms with Gasteiger partial charge < -0.3 is 11.1 Å². The van der Waals surface area contributed by atoms with E-state index in [1.807, 2.05) is 24.3 Å². The molecule has 4 rings (SSSR count). The Labute approximate surface area is 182 Å². The van der Waals surface area contributed by atoms with Gasteiger partial charge in [0.2, 0.25) is 17.7 Å². The first-order chi connectivity index (χ1) is 15.1.